The molecule has 1 aromatic rings. The molecule has 5 heteroatoms. The van der Waals surface area contributed by atoms with E-state index in [9.17, 15) is 9.59 Å². The van der Waals surface area contributed by atoms with Gasteiger partial charge in [0, 0.05) is 29.8 Å². The van der Waals surface area contributed by atoms with E-state index in [1.54, 1.807) is 24.3 Å². The molecular weight excluding hydrogens is 314 g/mol. The fourth-order valence-electron chi connectivity index (χ4n) is 1.99. The van der Waals surface area contributed by atoms with Crippen molar-refractivity contribution in [1.29, 1.82) is 0 Å². The topological polar surface area (TPSA) is 61.4 Å². The molecule has 1 aromatic carbocycles. The average Bonchev–Trinajstić information content (AvgIpc) is 2.60. The Kier molecular flexibility index (Phi) is 10.8. The maximum absolute atomic E-state index is 12.1. The van der Waals surface area contributed by atoms with Crippen molar-refractivity contribution < 1.29 is 9.59 Å². The van der Waals surface area contributed by atoms with Gasteiger partial charge in [-0.15, -0.1) is 0 Å². The molecule has 0 saturated carbocycles. The van der Waals surface area contributed by atoms with Crippen LogP contribution in [0.15, 0.2) is 24.3 Å². The molecule has 0 spiro atoms. The zero-order chi connectivity index (χ0) is 19.5. The molecule has 142 valence electrons. The molecule has 0 saturated heterocycles. The van der Waals surface area contributed by atoms with Crippen molar-refractivity contribution in [3.63, 3.8) is 0 Å². The van der Waals surface area contributed by atoms with Gasteiger partial charge in [-0.1, -0.05) is 48.5 Å². The predicted octanol–water partition coefficient (Wildman–Crippen LogP) is 3.77. The minimum atomic E-state index is -0.444. The highest BCUT2D eigenvalue weighted by atomic mass is 16.2. The van der Waals surface area contributed by atoms with Crippen molar-refractivity contribution in [3.05, 3.63) is 29.8 Å². The Hall–Kier alpha value is -1.88. The number of nitrogens with one attached hydrogen (secondary N) is 2. The second kappa shape index (κ2) is 11.6. The van der Waals surface area contributed by atoms with E-state index in [4.69, 9.17) is 0 Å². The number of nitrogens with zero attached hydrogens (tertiary/aromatic N) is 1. The average molecular weight is 350 g/mol. The van der Waals surface area contributed by atoms with Gasteiger partial charge in [0.05, 0.1) is 0 Å². The summed E-state index contributed by atoms with van der Waals surface area (Å²) in [6.07, 6.45) is 0. The monoisotopic (exact) mass is 349 g/mol. The van der Waals surface area contributed by atoms with Crippen molar-refractivity contribution in [2.45, 2.75) is 48.5 Å². The van der Waals surface area contributed by atoms with Crippen LogP contribution in [0, 0.1) is 5.41 Å². The number of amides is 2. The Balaban J connectivity index is 0.00000277. The van der Waals surface area contributed by atoms with Crippen LogP contribution in [0.3, 0.4) is 0 Å². The third-order valence-electron chi connectivity index (χ3n) is 3.69. The first-order valence-electron chi connectivity index (χ1n) is 9.20. The molecule has 0 aliphatic carbocycles. The Morgan fingerprint density at radius 1 is 1.00 bits per heavy atom. The van der Waals surface area contributed by atoms with Gasteiger partial charge in [-0.2, -0.15) is 0 Å². The minimum Gasteiger partial charge on any atom is -0.351 e. The maximum atomic E-state index is 12.1. The van der Waals surface area contributed by atoms with Crippen molar-refractivity contribution in [2.24, 2.45) is 5.41 Å². The van der Waals surface area contributed by atoms with Gasteiger partial charge in [0.1, 0.15) is 0 Å². The first-order valence-corrected chi connectivity index (χ1v) is 9.20. The molecule has 0 aliphatic rings. The van der Waals surface area contributed by atoms with Crippen molar-refractivity contribution in [2.75, 3.05) is 31.5 Å². The van der Waals surface area contributed by atoms with Crippen LogP contribution in [0.2, 0.25) is 0 Å². The third-order valence-corrected chi connectivity index (χ3v) is 3.69. The lowest BCUT2D eigenvalue weighted by Gasteiger charge is -2.18. The van der Waals surface area contributed by atoms with Gasteiger partial charge in [-0.25, -0.2) is 0 Å². The Morgan fingerprint density at radius 2 is 1.52 bits per heavy atom. The Bertz CT molecular complexity index is 515. The third kappa shape index (κ3) is 8.68. The van der Waals surface area contributed by atoms with E-state index in [0.717, 1.165) is 19.6 Å². The van der Waals surface area contributed by atoms with Gasteiger partial charge in [0.15, 0.2) is 0 Å². The second-order valence-electron chi connectivity index (χ2n) is 6.56. The van der Waals surface area contributed by atoms with Crippen molar-refractivity contribution in [1.82, 2.24) is 10.2 Å². The molecule has 5 nitrogen and oxygen atoms in total. The van der Waals surface area contributed by atoms with E-state index in [0.29, 0.717) is 17.8 Å². The molecular formula is C20H35N3O2. The van der Waals surface area contributed by atoms with Gasteiger partial charge in [0.2, 0.25) is 5.91 Å². The van der Waals surface area contributed by atoms with Crippen LogP contribution in [0.4, 0.5) is 5.69 Å². The van der Waals surface area contributed by atoms with Crippen LogP contribution < -0.4 is 10.6 Å². The van der Waals surface area contributed by atoms with Crippen LogP contribution >= 0.6 is 0 Å². The number of likely N-dealkylation sites (N-methyl/N-ethyl adjacent to an activating group) is 1. The zero-order valence-corrected chi connectivity index (χ0v) is 16.9. The lowest BCUT2D eigenvalue weighted by atomic mass is 9.95. The highest BCUT2D eigenvalue weighted by Gasteiger charge is 2.21. The van der Waals surface area contributed by atoms with Crippen LogP contribution in [0.1, 0.15) is 58.8 Å². The largest absolute Gasteiger partial charge is 0.351 e. The van der Waals surface area contributed by atoms with E-state index in [2.05, 4.69) is 29.4 Å². The number of carbonyl (C=O) groups excluding carboxylic acids is 2. The fraction of sp³-hybridized carbons (Fsp3) is 0.600. The number of rotatable bonds is 7. The quantitative estimate of drug-likeness (QED) is 0.788. The van der Waals surface area contributed by atoms with Crippen molar-refractivity contribution >= 4 is 17.5 Å². The molecule has 0 fully saturated rings. The van der Waals surface area contributed by atoms with Gasteiger partial charge in [-0.05, 0) is 37.4 Å². The molecule has 2 N–H and O–H groups in total. The Morgan fingerprint density at radius 3 is 1.96 bits per heavy atom. The highest BCUT2D eigenvalue weighted by molar-refractivity contribution is 5.97. The lowest BCUT2D eigenvalue weighted by molar-refractivity contribution is -0.123. The molecule has 2 amide bonds. The number of hydrogen-bond acceptors (Lipinski definition) is 3. The van der Waals surface area contributed by atoms with E-state index in [1.165, 1.54) is 0 Å². The summed E-state index contributed by atoms with van der Waals surface area (Å²) >= 11 is 0. The van der Waals surface area contributed by atoms with Crippen LogP contribution in [0.5, 0.6) is 0 Å². The number of benzene rings is 1. The number of anilines is 1. The molecule has 25 heavy (non-hydrogen) atoms. The molecule has 0 atom stereocenters. The minimum absolute atomic E-state index is 0.0473. The maximum Gasteiger partial charge on any atom is 0.251 e. The molecule has 0 unspecified atom stereocenters. The van der Waals surface area contributed by atoms with Gasteiger partial charge in [0.25, 0.3) is 5.91 Å². The van der Waals surface area contributed by atoms with Gasteiger partial charge >= 0.3 is 0 Å². The predicted molar refractivity (Wildman–Crippen MR) is 106 cm³/mol. The zero-order valence-electron chi connectivity index (χ0n) is 16.9. The second-order valence-corrected chi connectivity index (χ2v) is 6.56. The van der Waals surface area contributed by atoms with Gasteiger partial charge < -0.3 is 15.5 Å². The summed E-state index contributed by atoms with van der Waals surface area (Å²) in [6, 6.07) is 6.96. The summed E-state index contributed by atoms with van der Waals surface area (Å²) in [6.45, 7) is 17.2. The SMILES string of the molecule is CC.CCN(CC)CCNC(=O)c1ccc(NC(=O)C(C)(C)C)cc1. The lowest BCUT2D eigenvalue weighted by Crippen LogP contribution is -2.34. The standard InChI is InChI=1S/C18H29N3O2.C2H6/c1-6-21(7-2)13-12-19-16(22)14-8-10-15(11-9-14)20-17(23)18(3,4)5;1-2/h8-11H,6-7,12-13H2,1-5H3,(H,19,22)(H,20,23);1-2H3. The summed E-state index contributed by atoms with van der Waals surface area (Å²) in [4.78, 5) is 26.3. The molecule has 0 aromatic heterocycles. The van der Waals surface area contributed by atoms with Gasteiger partial charge in [-0.3, -0.25) is 9.59 Å². The summed E-state index contributed by atoms with van der Waals surface area (Å²) in [5.74, 6) is -0.139. The summed E-state index contributed by atoms with van der Waals surface area (Å²) in [5.41, 5.74) is 0.850. The van der Waals surface area contributed by atoms with E-state index < -0.39 is 5.41 Å². The van der Waals surface area contributed by atoms with E-state index >= 15 is 0 Å². The molecule has 0 heterocycles. The first-order chi connectivity index (χ1) is 11.8. The Labute approximate surface area is 153 Å². The first kappa shape index (κ1) is 23.1. The summed E-state index contributed by atoms with van der Waals surface area (Å²) in [5, 5.41) is 5.76. The summed E-state index contributed by atoms with van der Waals surface area (Å²) in [7, 11) is 0. The normalized spacial score (nSPS) is 10.7. The van der Waals surface area contributed by atoms with E-state index in [-0.39, 0.29) is 11.8 Å². The highest BCUT2D eigenvalue weighted by Crippen LogP contribution is 2.17. The van der Waals surface area contributed by atoms with Crippen LogP contribution in [-0.2, 0) is 4.79 Å². The van der Waals surface area contributed by atoms with Crippen LogP contribution in [-0.4, -0.2) is 42.9 Å². The fourth-order valence-corrected chi connectivity index (χ4v) is 1.99. The number of hydrogen-bond donors (Lipinski definition) is 2. The molecule has 1 rings (SSSR count). The molecule has 0 radical (unpaired) electrons. The molecule has 0 aliphatic heterocycles. The summed E-state index contributed by atoms with van der Waals surface area (Å²) < 4.78 is 0. The smallest absolute Gasteiger partial charge is 0.251 e. The van der Waals surface area contributed by atoms with Crippen molar-refractivity contribution in [3.8, 4) is 0 Å². The molecule has 0 bridgehead atoms. The number of carbonyl (C=O) groups is 2. The van der Waals surface area contributed by atoms with Crippen LogP contribution in [0.25, 0.3) is 0 Å². The van der Waals surface area contributed by atoms with E-state index in [1.807, 2.05) is 34.6 Å².